The van der Waals surface area contributed by atoms with Crippen molar-refractivity contribution in [3.05, 3.63) is 36.5 Å². The maximum absolute atomic E-state index is 12.1. The van der Waals surface area contributed by atoms with Crippen LogP contribution in [0, 0.1) is 0 Å². The maximum Gasteiger partial charge on any atom is 0.472 e. The van der Waals surface area contributed by atoms with Crippen molar-refractivity contribution in [3.8, 4) is 0 Å². The Bertz CT molecular complexity index is 1110. The number of nitrogens with one attached hydrogen (secondary N) is 1. The molecular formula is C52H98NO8P. The van der Waals surface area contributed by atoms with E-state index in [0.29, 0.717) is 6.42 Å². The Kier molecular flexibility index (Phi) is 47.3. The SMILES string of the molecule is CCCCC/C=C\C/C=C\C/C=C\CCCCCCCCCCCCC(=O)OCC(O)COP(=O)(O)OCCNC(=O)CCCCCCCCCCCCCCCCCCCC. The summed E-state index contributed by atoms with van der Waals surface area (Å²) in [5, 5.41) is 12.8. The van der Waals surface area contributed by atoms with Crippen LogP contribution in [-0.2, 0) is 27.9 Å². The summed E-state index contributed by atoms with van der Waals surface area (Å²) < 4.78 is 27.0. The number of phosphoric ester groups is 1. The number of carbonyl (C=O) groups is 2. The number of esters is 1. The van der Waals surface area contributed by atoms with E-state index in [9.17, 15) is 24.2 Å². The molecule has 0 aliphatic heterocycles. The molecule has 0 rings (SSSR count). The predicted octanol–water partition coefficient (Wildman–Crippen LogP) is 15.3. The first-order chi connectivity index (χ1) is 30.3. The third-order valence-corrected chi connectivity index (χ3v) is 12.3. The average molecular weight is 896 g/mol. The molecule has 9 nitrogen and oxygen atoms in total. The summed E-state index contributed by atoms with van der Waals surface area (Å²) in [6.45, 7) is 3.57. The number of phosphoric acid groups is 1. The van der Waals surface area contributed by atoms with Gasteiger partial charge in [-0.15, -0.1) is 0 Å². The lowest BCUT2D eigenvalue weighted by Crippen LogP contribution is -2.27. The molecule has 0 aliphatic carbocycles. The third-order valence-electron chi connectivity index (χ3n) is 11.3. The number of rotatable bonds is 49. The smallest absolute Gasteiger partial charge is 0.463 e. The highest BCUT2D eigenvalue weighted by molar-refractivity contribution is 7.47. The quantitative estimate of drug-likeness (QED) is 0.0238. The monoisotopic (exact) mass is 896 g/mol. The van der Waals surface area contributed by atoms with E-state index in [1.807, 2.05) is 0 Å². The molecule has 62 heavy (non-hydrogen) atoms. The largest absolute Gasteiger partial charge is 0.472 e. The van der Waals surface area contributed by atoms with Crippen LogP contribution < -0.4 is 5.32 Å². The molecule has 0 bridgehead atoms. The second kappa shape index (κ2) is 48.7. The molecular weight excluding hydrogens is 798 g/mol. The van der Waals surface area contributed by atoms with Gasteiger partial charge in [-0.05, 0) is 51.4 Å². The highest BCUT2D eigenvalue weighted by Gasteiger charge is 2.23. The van der Waals surface area contributed by atoms with Crippen molar-refractivity contribution in [2.45, 2.75) is 258 Å². The van der Waals surface area contributed by atoms with E-state index >= 15 is 0 Å². The number of ether oxygens (including phenoxy) is 1. The molecule has 0 fully saturated rings. The molecule has 0 aliphatic rings. The molecule has 0 aromatic rings. The summed E-state index contributed by atoms with van der Waals surface area (Å²) in [7, 11) is -4.42. The van der Waals surface area contributed by atoms with Gasteiger partial charge in [-0.25, -0.2) is 4.57 Å². The number of hydrogen-bond acceptors (Lipinski definition) is 7. The molecule has 0 heterocycles. The van der Waals surface area contributed by atoms with E-state index in [0.717, 1.165) is 51.4 Å². The normalized spacial score (nSPS) is 13.4. The maximum atomic E-state index is 12.1. The summed E-state index contributed by atoms with van der Waals surface area (Å²) in [4.78, 5) is 34.1. The fourth-order valence-corrected chi connectivity index (χ4v) is 8.15. The van der Waals surface area contributed by atoms with Crippen molar-refractivity contribution in [2.75, 3.05) is 26.4 Å². The minimum atomic E-state index is -4.42. The van der Waals surface area contributed by atoms with Gasteiger partial charge in [0, 0.05) is 19.4 Å². The van der Waals surface area contributed by atoms with E-state index in [4.69, 9.17) is 13.8 Å². The van der Waals surface area contributed by atoms with Crippen molar-refractivity contribution in [1.29, 1.82) is 0 Å². The van der Waals surface area contributed by atoms with Crippen LogP contribution in [0.4, 0.5) is 0 Å². The lowest BCUT2D eigenvalue weighted by atomic mass is 10.0. The van der Waals surface area contributed by atoms with Crippen LogP contribution in [0.2, 0.25) is 0 Å². The summed E-state index contributed by atoms with van der Waals surface area (Å²) >= 11 is 0. The number of aliphatic hydroxyl groups is 1. The van der Waals surface area contributed by atoms with E-state index in [-0.39, 0.29) is 32.1 Å². The number of hydrogen-bond donors (Lipinski definition) is 3. The fraction of sp³-hybridized carbons (Fsp3) is 0.846. The first-order valence-electron chi connectivity index (χ1n) is 26.0. The third kappa shape index (κ3) is 49.2. The van der Waals surface area contributed by atoms with Crippen molar-refractivity contribution < 1.29 is 37.9 Å². The Morgan fingerprint density at radius 2 is 0.871 bits per heavy atom. The van der Waals surface area contributed by atoms with Crippen LogP contribution in [0.3, 0.4) is 0 Å². The Labute approximate surface area is 382 Å². The van der Waals surface area contributed by atoms with Crippen molar-refractivity contribution in [2.24, 2.45) is 0 Å². The van der Waals surface area contributed by atoms with Crippen LogP contribution in [0.1, 0.15) is 251 Å². The summed E-state index contributed by atoms with van der Waals surface area (Å²) in [5.41, 5.74) is 0. The summed E-state index contributed by atoms with van der Waals surface area (Å²) in [5.74, 6) is -0.511. The van der Waals surface area contributed by atoms with Gasteiger partial charge in [0.1, 0.15) is 12.7 Å². The molecule has 0 saturated heterocycles. The number of carbonyl (C=O) groups excluding carboxylic acids is 2. The number of aliphatic hydroxyl groups excluding tert-OH is 1. The Hall–Kier alpha value is -1.77. The van der Waals surface area contributed by atoms with Gasteiger partial charge in [0.25, 0.3) is 0 Å². The Balaban J connectivity index is 3.55. The van der Waals surface area contributed by atoms with Gasteiger partial charge in [0.15, 0.2) is 0 Å². The summed E-state index contributed by atoms with van der Waals surface area (Å²) in [6.07, 6.45) is 56.5. The Morgan fingerprint density at radius 1 is 0.500 bits per heavy atom. The van der Waals surface area contributed by atoms with Gasteiger partial charge in [-0.3, -0.25) is 18.6 Å². The number of amides is 1. The van der Waals surface area contributed by atoms with Gasteiger partial charge in [0.2, 0.25) is 5.91 Å². The van der Waals surface area contributed by atoms with E-state index in [2.05, 4.69) is 55.6 Å². The lowest BCUT2D eigenvalue weighted by molar-refractivity contribution is -0.147. The second-order valence-electron chi connectivity index (χ2n) is 17.5. The number of allylic oxidation sites excluding steroid dienone is 6. The predicted molar refractivity (Wildman–Crippen MR) is 261 cm³/mol. The van der Waals surface area contributed by atoms with Crippen molar-refractivity contribution in [1.82, 2.24) is 5.32 Å². The molecule has 10 heteroatoms. The molecule has 0 spiro atoms. The second-order valence-corrected chi connectivity index (χ2v) is 19.0. The molecule has 0 aromatic carbocycles. The first-order valence-corrected chi connectivity index (χ1v) is 27.5. The zero-order valence-electron chi connectivity index (χ0n) is 40.3. The van der Waals surface area contributed by atoms with Crippen LogP contribution in [0.5, 0.6) is 0 Å². The molecule has 0 aromatic heterocycles. The van der Waals surface area contributed by atoms with Gasteiger partial charge in [-0.2, -0.15) is 0 Å². The zero-order chi connectivity index (χ0) is 45.3. The summed E-state index contributed by atoms with van der Waals surface area (Å²) in [6, 6.07) is 0. The van der Waals surface area contributed by atoms with Crippen molar-refractivity contribution >= 4 is 19.7 Å². The van der Waals surface area contributed by atoms with E-state index < -0.39 is 26.5 Å². The molecule has 2 unspecified atom stereocenters. The molecule has 0 saturated carbocycles. The highest BCUT2D eigenvalue weighted by Crippen LogP contribution is 2.42. The van der Waals surface area contributed by atoms with E-state index in [1.165, 1.54) is 173 Å². The van der Waals surface area contributed by atoms with E-state index in [1.54, 1.807) is 0 Å². The molecule has 2 atom stereocenters. The fourth-order valence-electron chi connectivity index (χ4n) is 7.39. The van der Waals surface area contributed by atoms with Crippen LogP contribution in [0.25, 0.3) is 0 Å². The molecule has 0 radical (unpaired) electrons. The van der Waals surface area contributed by atoms with Crippen LogP contribution >= 0.6 is 7.82 Å². The van der Waals surface area contributed by atoms with Gasteiger partial charge < -0.3 is 20.1 Å². The lowest BCUT2D eigenvalue weighted by Gasteiger charge is -2.15. The van der Waals surface area contributed by atoms with Gasteiger partial charge in [-0.1, -0.05) is 224 Å². The van der Waals surface area contributed by atoms with Gasteiger partial charge >= 0.3 is 13.8 Å². The van der Waals surface area contributed by atoms with Crippen LogP contribution in [0.15, 0.2) is 36.5 Å². The number of unbranched alkanes of at least 4 members (excludes halogenated alkanes) is 30. The topological polar surface area (TPSA) is 131 Å². The van der Waals surface area contributed by atoms with Gasteiger partial charge in [0.05, 0.1) is 13.2 Å². The highest BCUT2D eigenvalue weighted by atomic mass is 31.2. The van der Waals surface area contributed by atoms with Crippen molar-refractivity contribution in [3.63, 3.8) is 0 Å². The average Bonchev–Trinajstić information content (AvgIpc) is 3.26. The minimum Gasteiger partial charge on any atom is -0.463 e. The Morgan fingerprint density at radius 3 is 1.34 bits per heavy atom. The first kappa shape index (κ1) is 60.2. The minimum absolute atomic E-state index is 0.0844. The van der Waals surface area contributed by atoms with Crippen LogP contribution in [-0.4, -0.2) is 54.3 Å². The zero-order valence-corrected chi connectivity index (χ0v) is 41.2. The molecule has 364 valence electrons. The standard InChI is InChI=1S/C52H98NO8P/c1-3-5-7-9-11-13-15-17-19-21-23-24-25-26-27-29-31-33-35-37-39-41-43-45-52(56)59-48-50(54)49-61-62(57,58)60-47-46-53-51(55)44-42-40-38-36-34-32-30-28-22-20-18-16-14-12-10-8-6-4-2/h11,13,17,19,23-24,50,54H,3-10,12,14-16,18,20-22,25-49H2,1-2H3,(H,53,55)(H,57,58)/b13-11-,19-17-,24-23-. The molecule has 1 amide bonds. The molecule has 3 N–H and O–H groups in total.